The number of H-pyrrole nitrogens is 1. The van der Waals surface area contributed by atoms with Crippen molar-refractivity contribution in [3.63, 3.8) is 0 Å². The highest BCUT2D eigenvalue weighted by Crippen LogP contribution is 2.60. The number of aromatic amines is 1. The zero-order chi connectivity index (χ0) is 45.3. The molecule has 5 heterocycles. The Morgan fingerprint density at radius 3 is 2.58 bits per heavy atom. The number of sulfonamides is 1. The van der Waals surface area contributed by atoms with Crippen LogP contribution in [0.4, 0.5) is 5.69 Å². The topological polar surface area (TPSA) is 175 Å². The number of hydrogen-bond donors (Lipinski definition) is 3. The van der Waals surface area contributed by atoms with Crippen molar-refractivity contribution < 1.29 is 37.0 Å². The summed E-state index contributed by atoms with van der Waals surface area (Å²) in [7, 11) is -3.22. The number of likely N-dealkylation sites (tertiary alicyclic amines) is 1. The Bertz CT molecular complexity index is 2770. The Balaban J connectivity index is 0.935. The number of nitrogens with one attached hydrogen (secondary N) is 3. The summed E-state index contributed by atoms with van der Waals surface area (Å²) in [6, 6.07) is 14.8. The molecule has 0 radical (unpaired) electrons. The molecule has 340 valence electrons. The minimum Gasteiger partial charge on any atom is -0.455 e. The first kappa shape index (κ1) is 44.5. The number of carbonyl (C=O) groups excluding carboxylic acids is 2. The first-order valence-corrected chi connectivity index (χ1v) is 24.2. The van der Waals surface area contributed by atoms with E-state index in [4.69, 9.17) is 25.8 Å². The number of pyridine rings is 1. The fourth-order valence-electron chi connectivity index (χ4n) is 10.1. The highest BCUT2D eigenvalue weighted by molar-refractivity contribution is 7.94. The van der Waals surface area contributed by atoms with Gasteiger partial charge in [0.25, 0.3) is 21.6 Å². The SMILES string of the molecule is COC[N+](=O)C1=CC(S(=O)(=O)NC(=O)c2ccc(N3CCC(CN4C(=O)C5(CCCC5)C4c4ccc(Cl)cc4C)CC3)cc2Oc2cnc3[nH]ccc3c2)=C=C=C1NCC1CCOCC1. The number of nitrogens with zero attached hydrogens (tertiary/aromatic N) is 4. The Labute approximate surface area is 383 Å². The summed E-state index contributed by atoms with van der Waals surface area (Å²) in [6.07, 6.45) is 11.8. The number of aryl methyl sites for hydroxylation is 1. The third kappa shape index (κ3) is 9.12. The van der Waals surface area contributed by atoms with Gasteiger partial charge in [0.2, 0.25) is 5.91 Å². The van der Waals surface area contributed by atoms with Gasteiger partial charge in [-0.05, 0) is 116 Å². The number of benzene rings is 2. The third-order valence-corrected chi connectivity index (χ3v) is 15.1. The molecule has 2 aromatic carbocycles. The standard InChI is InChI=1S/C48H52ClN7O8S/c1-31-23-35(49)5-8-39(31)44-48(16-3-4-17-48)47(58)55(44)29-33-12-19-54(20-13-33)36-6-9-40(43(25-36)64-37-24-34-11-18-50-45(34)52-28-37)46(57)53-65(60,61)38-7-10-41(42(26-38)56(59)30-62-2)51-27-32-14-21-63-22-15-32/h5-6,8-9,11,18,23-26,28,32-33,44H,3-4,12-17,19-22,27,29-30H2,1-2H3,(H2-,50,51,52,53,57,59)/p+1. The number of allylic oxidation sites excluding steroid dienone is 1. The molecule has 15 nitrogen and oxygen atoms in total. The Kier molecular flexibility index (Phi) is 12.7. The number of halogens is 1. The molecule has 2 aliphatic carbocycles. The van der Waals surface area contributed by atoms with Gasteiger partial charge in [-0.2, -0.15) is 0 Å². The maximum atomic E-state index is 14.1. The number of ether oxygens (including phenoxy) is 3. The lowest BCUT2D eigenvalue weighted by Gasteiger charge is -2.56. The predicted octanol–water partition coefficient (Wildman–Crippen LogP) is 7.56. The van der Waals surface area contributed by atoms with E-state index in [0.29, 0.717) is 72.4 Å². The number of carbonyl (C=O) groups is 2. The molecule has 1 atom stereocenters. The number of aromatic nitrogens is 2. The fraction of sp³-hybridized carbons (Fsp3) is 0.438. The van der Waals surface area contributed by atoms with E-state index in [1.807, 2.05) is 18.2 Å². The summed E-state index contributed by atoms with van der Waals surface area (Å²) >= 11 is 6.35. The minimum atomic E-state index is -4.58. The number of fused-ring (bicyclic) bond motifs is 1. The van der Waals surface area contributed by atoms with E-state index in [-0.39, 0.29) is 46.8 Å². The zero-order valence-electron chi connectivity index (χ0n) is 36.5. The van der Waals surface area contributed by atoms with Gasteiger partial charge in [0, 0.05) is 85.8 Å². The van der Waals surface area contributed by atoms with Crippen molar-refractivity contribution in [1.82, 2.24) is 24.9 Å². The van der Waals surface area contributed by atoms with Crippen LogP contribution in [-0.4, -0.2) is 93.1 Å². The molecule has 4 fully saturated rings. The second kappa shape index (κ2) is 18.6. The van der Waals surface area contributed by atoms with Gasteiger partial charge in [0.1, 0.15) is 22.1 Å². The minimum absolute atomic E-state index is 0.0269. The van der Waals surface area contributed by atoms with Gasteiger partial charge in [0.05, 0.1) is 28.0 Å². The van der Waals surface area contributed by atoms with Gasteiger partial charge < -0.3 is 34.3 Å². The van der Waals surface area contributed by atoms with Crippen LogP contribution < -0.4 is 19.7 Å². The largest absolute Gasteiger partial charge is 0.455 e. The molecular weight excluding hydrogens is 870 g/mol. The molecule has 17 heteroatoms. The number of nitroso groups, excluding NO2 is 1. The van der Waals surface area contributed by atoms with E-state index in [2.05, 4.69) is 54.3 Å². The number of amides is 2. The van der Waals surface area contributed by atoms with Gasteiger partial charge >= 0.3 is 6.73 Å². The smallest absolute Gasteiger partial charge is 0.301 e. The number of β-lactam (4-membered cyclic amide) rings is 1. The van der Waals surface area contributed by atoms with Crippen LogP contribution in [0.1, 0.15) is 78.9 Å². The molecule has 4 aromatic rings. The van der Waals surface area contributed by atoms with Gasteiger partial charge in [-0.1, -0.05) is 30.5 Å². The van der Waals surface area contributed by atoms with E-state index in [1.54, 1.807) is 30.5 Å². The Hall–Kier alpha value is -5.73. The van der Waals surface area contributed by atoms with Crippen molar-refractivity contribution in [2.75, 3.05) is 58.1 Å². The Morgan fingerprint density at radius 2 is 1.83 bits per heavy atom. The molecule has 3 aliphatic heterocycles. The lowest BCUT2D eigenvalue weighted by molar-refractivity contribution is -0.537. The van der Waals surface area contributed by atoms with Crippen molar-refractivity contribution in [2.24, 2.45) is 17.3 Å². The normalized spacial score (nSPS) is 20.1. The first-order chi connectivity index (χ1) is 31.4. The van der Waals surface area contributed by atoms with E-state index in [0.717, 1.165) is 74.1 Å². The van der Waals surface area contributed by atoms with Crippen LogP contribution in [0, 0.1) is 29.1 Å². The third-order valence-electron chi connectivity index (χ3n) is 13.6. The van der Waals surface area contributed by atoms with Crippen LogP contribution in [0.2, 0.25) is 5.02 Å². The average molecular weight is 924 g/mol. The number of rotatable bonds is 15. The molecule has 5 aliphatic rings. The van der Waals surface area contributed by atoms with Gasteiger partial charge in [-0.25, -0.2) is 18.1 Å². The monoisotopic (exact) mass is 922 g/mol. The molecule has 1 unspecified atom stereocenters. The van der Waals surface area contributed by atoms with Crippen LogP contribution in [-0.2, 0) is 24.3 Å². The van der Waals surface area contributed by atoms with E-state index < -0.39 is 20.8 Å². The summed E-state index contributed by atoms with van der Waals surface area (Å²) in [5, 5.41) is 4.69. The molecule has 3 saturated heterocycles. The van der Waals surface area contributed by atoms with Crippen LogP contribution >= 0.6 is 11.6 Å². The van der Waals surface area contributed by atoms with E-state index in [1.165, 1.54) is 18.9 Å². The molecule has 0 bridgehead atoms. The van der Waals surface area contributed by atoms with Crippen LogP contribution in [0.3, 0.4) is 0 Å². The quantitative estimate of drug-likeness (QED) is 0.0465. The molecule has 3 N–H and O–H groups in total. The van der Waals surface area contributed by atoms with Gasteiger partial charge in [-0.15, -0.1) is 0 Å². The number of anilines is 1. The second-order valence-electron chi connectivity index (χ2n) is 17.7. The van der Waals surface area contributed by atoms with Crippen molar-refractivity contribution in [1.29, 1.82) is 0 Å². The first-order valence-electron chi connectivity index (χ1n) is 22.3. The van der Waals surface area contributed by atoms with Crippen molar-refractivity contribution in [3.05, 3.63) is 121 Å². The summed E-state index contributed by atoms with van der Waals surface area (Å²) in [5.74, 6) is 0.391. The number of methoxy groups -OCH3 is 1. The van der Waals surface area contributed by atoms with Crippen LogP contribution in [0.15, 0.2) is 94.8 Å². The second-order valence-corrected chi connectivity index (χ2v) is 19.8. The van der Waals surface area contributed by atoms with Gasteiger partial charge in [-0.3, -0.25) is 9.59 Å². The molecule has 1 spiro atoms. The summed E-state index contributed by atoms with van der Waals surface area (Å²) in [5.41, 5.74) is 9.06. The molecule has 9 rings (SSSR count). The lowest BCUT2D eigenvalue weighted by Crippen LogP contribution is -2.63. The number of piperidine rings is 1. The average Bonchev–Trinajstić information content (AvgIpc) is 4.01. The fourth-order valence-corrected chi connectivity index (χ4v) is 11.2. The predicted molar refractivity (Wildman–Crippen MR) is 245 cm³/mol. The molecule has 2 amide bonds. The highest BCUT2D eigenvalue weighted by Gasteiger charge is 2.62. The molecule has 2 aromatic heterocycles. The number of hydrogen-bond acceptors (Lipinski definition) is 11. The molecule has 65 heavy (non-hydrogen) atoms. The van der Waals surface area contributed by atoms with E-state index >= 15 is 0 Å². The summed E-state index contributed by atoms with van der Waals surface area (Å²) < 4.78 is 47.2. The summed E-state index contributed by atoms with van der Waals surface area (Å²) in [6.45, 7) is 5.62. The molecule has 1 saturated carbocycles. The summed E-state index contributed by atoms with van der Waals surface area (Å²) in [4.78, 5) is 52.4. The zero-order valence-corrected chi connectivity index (χ0v) is 38.1. The van der Waals surface area contributed by atoms with Crippen LogP contribution in [0.5, 0.6) is 11.5 Å². The molecular formula is C48H53ClN7O8S+. The van der Waals surface area contributed by atoms with Crippen LogP contribution in [0.25, 0.3) is 11.0 Å². The lowest BCUT2D eigenvalue weighted by atomic mass is 9.65. The van der Waals surface area contributed by atoms with Crippen molar-refractivity contribution in [3.8, 4) is 11.5 Å². The maximum Gasteiger partial charge on any atom is 0.301 e. The van der Waals surface area contributed by atoms with E-state index in [9.17, 15) is 22.9 Å². The van der Waals surface area contributed by atoms with Gasteiger partial charge in [0.15, 0.2) is 5.70 Å². The van der Waals surface area contributed by atoms with Crippen molar-refractivity contribution >= 4 is 50.2 Å². The maximum absolute atomic E-state index is 14.1. The van der Waals surface area contributed by atoms with Crippen molar-refractivity contribution in [2.45, 2.75) is 64.3 Å². The Morgan fingerprint density at radius 1 is 1.05 bits per heavy atom. The highest BCUT2D eigenvalue weighted by atomic mass is 35.5.